The molecule has 1 aliphatic heterocycles. The minimum absolute atomic E-state index is 0.0830. The van der Waals surface area contributed by atoms with Crippen LogP contribution in [0.2, 0.25) is 5.02 Å². The molecule has 1 amide bonds. The lowest BCUT2D eigenvalue weighted by Gasteiger charge is -2.32. The highest BCUT2D eigenvalue weighted by Gasteiger charge is 2.74. The summed E-state index contributed by atoms with van der Waals surface area (Å²) in [6, 6.07) is 5.73. The van der Waals surface area contributed by atoms with Gasteiger partial charge in [0.15, 0.2) is 0 Å². The summed E-state index contributed by atoms with van der Waals surface area (Å²) in [6.07, 6.45) is 2.91. The maximum Gasteiger partial charge on any atom is 0.233 e. The van der Waals surface area contributed by atoms with Crippen LogP contribution in [-0.2, 0) is 14.9 Å². The molecule has 2 aliphatic rings. The number of carbonyl (C=O) groups is 1. The Kier molecular flexibility index (Phi) is 2.88. The Bertz CT molecular complexity index is 545. The van der Waals surface area contributed by atoms with E-state index in [-0.39, 0.29) is 11.3 Å². The van der Waals surface area contributed by atoms with Crippen molar-refractivity contribution in [3.63, 3.8) is 0 Å². The molecule has 2 atom stereocenters. The van der Waals surface area contributed by atoms with Crippen LogP contribution in [0, 0.1) is 5.41 Å². The molecule has 3 rings (SSSR count). The first-order valence-electron chi connectivity index (χ1n) is 6.70. The number of benzene rings is 1. The molecule has 1 fully saturated rings. The fourth-order valence-corrected chi connectivity index (χ4v) is 3.95. The number of anilines is 1. The van der Waals surface area contributed by atoms with Crippen LogP contribution in [-0.4, -0.2) is 19.6 Å². The highest BCUT2D eigenvalue weighted by atomic mass is 35.5. The van der Waals surface area contributed by atoms with Crippen LogP contribution in [0.5, 0.6) is 0 Å². The number of halogens is 1. The van der Waals surface area contributed by atoms with Gasteiger partial charge >= 0.3 is 0 Å². The Morgan fingerprint density at radius 2 is 2.21 bits per heavy atom. The lowest BCUT2D eigenvalue weighted by Crippen LogP contribution is -2.39. The van der Waals surface area contributed by atoms with E-state index in [0.717, 1.165) is 30.0 Å². The van der Waals surface area contributed by atoms with E-state index in [4.69, 9.17) is 16.3 Å². The predicted octanol–water partition coefficient (Wildman–Crippen LogP) is 3.37. The summed E-state index contributed by atoms with van der Waals surface area (Å²) >= 11 is 6.14. The average Bonchev–Trinajstić information content (AvgIpc) is 3.03. The average molecular weight is 280 g/mol. The normalized spacial score (nSPS) is 31.4. The third-order valence-electron chi connectivity index (χ3n) is 4.64. The molecule has 0 radical (unpaired) electrons. The van der Waals surface area contributed by atoms with Gasteiger partial charge in [0.25, 0.3) is 0 Å². The van der Waals surface area contributed by atoms with Gasteiger partial charge in [-0.1, -0.05) is 24.9 Å². The van der Waals surface area contributed by atoms with Crippen LogP contribution in [0.3, 0.4) is 0 Å². The highest BCUT2D eigenvalue weighted by Crippen LogP contribution is 2.70. The number of nitrogens with one attached hydrogen (secondary N) is 1. The Morgan fingerprint density at radius 1 is 1.42 bits per heavy atom. The van der Waals surface area contributed by atoms with E-state index in [9.17, 15) is 4.79 Å². The van der Waals surface area contributed by atoms with Gasteiger partial charge < -0.3 is 10.1 Å². The number of methoxy groups -OCH3 is 1. The van der Waals surface area contributed by atoms with Gasteiger partial charge in [0.2, 0.25) is 5.91 Å². The molecule has 4 heteroatoms. The number of rotatable bonds is 4. The molecule has 1 saturated carbocycles. The van der Waals surface area contributed by atoms with Crippen molar-refractivity contribution in [3.05, 3.63) is 28.8 Å². The van der Waals surface area contributed by atoms with Gasteiger partial charge in [-0.2, -0.15) is 0 Å². The van der Waals surface area contributed by atoms with Gasteiger partial charge in [-0.05, 0) is 36.6 Å². The van der Waals surface area contributed by atoms with E-state index in [1.54, 1.807) is 7.11 Å². The highest BCUT2D eigenvalue weighted by molar-refractivity contribution is 6.30. The quantitative estimate of drug-likeness (QED) is 0.918. The fraction of sp³-hybridized carbons (Fsp3) is 0.533. The van der Waals surface area contributed by atoms with E-state index >= 15 is 0 Å². The Morgan fingerprint density at radius 3 is 2.89 bits per heavy atom. The SMILES string of the molecule is CCCC12CC1(COC)C(=O)Nc1ccc(Cl)cc12. The van der Waals surface area contributed by atoms with Crippen molar-refractivity contribution in [3.8, 4) is 0 Å². The molecular formula is C15H18ClNO2. The summed E-state index contributed by atoms with van der Waals surface area (Å²) in [4.78, 5) is 12.5. The standard InChI is InChI=1S/C15H18ClNO2/c1-3-6-14-8-15(14,9-19-2)13(18)17-12-5-4-10(16)7-11(12)14/h4-5,7H,3,6,8-9H2,1-2H3,(H,17,18). The summed E-state index contributed by atoms with van der Waals surface area (Å²) in [5, 5.41) is 3.74. The first-order valence-corrected chi connectivity index (χ1v) is 7.08. The largest absolute Gasteiger partial charge is 0.384 e. The van der Waals surface area contributed by atoms with Crippen LogP contribution in [0.25, 0.3) is 0 Å². The zero-order valence-electron chi connectivity index (χ0n) is 11.3. The Hall–Kier alpha value is -1.06. The molecule has 1 aromatic rings. The number of hydrogen-bond donors (Lipinski definition) is 1. The molecule has 1 aliphatic carbocycles. The minimum Gasteiger partial charge on any atom is -0.384 e. The van der Waals surface area contributed by atoms with Gasteiger partial charge in [-0.15, -0.1) is 0 Å². The number of carbonyl (C=O) groups excluding carboxylic acids is 1. The lowest BCUT2D eigenvalue weighted by molar-refractivity contribution is -0.124. The van der Waals surface area contributed by atoms with E-state index in [1.165, 1.54) is 5.56 Å². The topological polar surface area (TPSA) is 38.3 Å². The molecule has 102 valence electrons. The van der Waals surface area contributed by atoms with Crippen LogP contribution in [0.1, 0.15) is 31.7 Å². The number of hydrogen-bond acceptors (Lipinski definition) is 2. The molecule has 1 aromatic carbocycles. The van der Waals surface area contributed by atoms with Crippen molar-refractivity contribution in [2.24, 2.45) is 5.41 Å². The van der Waals surface area contributed by atoms with Crippen molar-refractivity contribution in [1.29, 1.82) is 0 Å². The van der Waals surface area contributed by atoms with Crippen molar-refractivity contribution < 1.29 is 9.53 Å². The molecule has 1 heterocycles. The maximum atomic E-state index is 12.5. The molecule has 19 heavy (non-hydrogen) atoms. The van der Waals surface area contributed by atoms with E-state index in [1.807, 2.05) is 18.2 Å². The summed E-state index contributed by atoms with van der Waals surface area (Å²) in [5.41, 5.74) is 1.61. The van der Waals surface area contributed by atoms with Crippen molar-refractivity contribution in [1.82, 2.24) is 0 Å². The Labute approximate surface area is 118 Å². The van der Waals surface area contributed by atoms with Crippen molar-refractivity contribution in [2.75, 3.05) is 19.0 Å². The molecule has 1 N–H and O–H groups in total. The zero-order valence-corrected chi connectivity index (χ0v) is 12.0. The van der Waals surface area contributed by atoms with Crippen LogP contribution in [0.4, 0.5) is 5.69 Å². The molecule has 0 saturated heterocycles. The van der Waals surface area contributed by atoms with Crippen LogP contribution >= 0.6 is 11.6 Å². The van der Waals surface area contributed by atoms with E-state index < -0.39 is 5.41 Å². The molecule has 3 nitrogen and oxygen atoms in total. The molecular weight excluding hydrogens is 262 g/mol. The monoisotopic (exact) mass is 279 g/mol. The van der Waals surface area contributed by atoms with Gasteiger partial charge in [0.1, 0.15) is 0 Å². The van der Waals surface area contributed by atoms with Gasteiger partial charge in [0, 0.05) is 23.2 Å². The third-order valence-corrected chi connectivity index (χ3v) is 4.88. The van der Waals surface area contributed by atoms with E-state index in [0.29, 0.717) is 6.61 Å². The summed E-state index contributed by atoms with van der Waals surface area (Å²) in [7, 11) is 1.66. The van der Waals surface area contributed by atoms with Gasteiger partial charge in [-0.25, -0.2) is 0 Å². The second-order valence-corrected chi connectivity index (χ2v) is 6.10. The van der Waals surface area contributed by atoms with Crippen molar-refractivity contribution >= 4 is 23.2 Å². The molecule has 0 bridgehead atoms. The second kappa shape index (κ2) is 4.22. The fourth-order valence-electron chi connectivity index (χ4n) is 3.78. The predicted molar refractivity (Wildman–Crippen MR) is 75.6 cm³/mol. The van der Waals surface area contributed by atoms with Gasteiger partial charge in [-0.3, -0.25) is 4.79 Å². The molecule has 0 aromatic heterocycles. The van der Waals surface area contributed by atoms with Crippen molar-refractivity contribution in [2.45, 2.75) is 31.6 Å². The number of ether oxygens (including phenoxy) is 1. The zero-order chi connectivity index (χ0) is 13.7. The van der Waals surface area contributed by atoms with E-state index in [2.05, 4.69) is 12.2 Å². The summed E-state index contributed by atoms with van der Waals surface area (Å²) < 4.78 is 5.32. The number of fused-ring (bicyclic) bond motifs is 3. The van der Waals surface area contributed by atoms with Crippen LogP contribution in [0.15, 0.2) is 18.2 Å². The molecule has 2 unspecified atom stereocenters. The van der Waals surface area contributed by atoms with Crippen LogP contribution < -0.4 is 5.32 Å². The minimum atomic E-state index is -0.393. The third kappa shape index (κ3) is 1.58. The lowest BCUT2D eigenvalue weighted by atomic mass is 9.79. The first-order chi connectivity index (χ1) is 9.09. The summed E-state index contributed by atoms with van der Waals surface area (Å²) in [6.45, 7) is 2.63. The Balaban J connectivity index is 2.13. The maximum absolute atomic E-state index is 12.5. The smallest absolute Gasteiger partial charge is 0.233 e. The molecule has 0 spiro atoms. The second-order valence-electron chi connectivity index (χ2n) is 5.67. The number of amides is 1. The van der Waals surface area contributed by atoms with Gasteiger partial charge in [0.05, 0.1) is 12.0 Å². The summed E-state index contributed by atoms with van der Waals surface area (Å²) in [5.74, 6) is 0.0950. The first kappa shape index (κ1) is 12.9.